The SMILES string of the molecule is O=C(O)c1c(NS(=O)(=O)c2ccc(F)cc2CC2CCN(CCO)C2)ccc2c1OC[C@@H]1C[C@H]21. The summed E-state index contributed by atoms with van der Waals surface area (Å²) in [6, 6.07) is 6.73. The Bertz CT molecular complexity index is 1230. The first-order valence-corrected chi connectivity index (χ1v) is 12.9. The molecule has 0 amide bonds. The van der Waals surface area contributed by atoms with Gasteiger partial charge in [0.2, 0.25) is 0 Å². The number of rotatable bonds is 8. The van der Waals surface area contributed by atoms with Crippen LogP contribution in [0.2, 0.25) is 0 Å². The predicted octanol–water partition coefficient (Wildman–Crippen LogP) is 2.68. The van der Waals surface area contributed by atoms with Crippen LogP contribution in [0, 0.1) is 17.7 Å². The van der Waals surface area contributed by atoms with Crippen molar-refractivity contribution < 1.29 is 32.6 Å². The van der Waals surface area contributed by atoms with Crippen LogP contribution in [-0.2, 0) is 16.4 Å². The molecule has 10 heteroatoms. The van der Waals surface area contributed by atoms with Gasteiger partial charge < -0.3 is 19.8 Å². The van der Waals surface area contributed by atoms with Crippen molar-refractivity contribution in [2.45, 2.75) is 30.1 Å². The number of aromatic carboxylic acids is 1. The topological polar surface area (TPSA) is 116 Å². The summed E-state index contributed by atoms with van der Waals surface area (Å²) in [6.07, 6.45) is 2.11. The van der Waals surface area contributed by atoms with E-state index in [1.54, 1.807) is 6.07 Å². The summed E-state index contributed by atoms with van der Waals surface area (Å²) in [4.78, 5) is 14.1. The zero-order valence-electron chi connectivity index (χ0n) is 18.5. The molecule has 2 aromatic carbocycles. The number of aliphatic hydroxyl groups excluding tert-OH is 1. The summed E-state index contributed by atoms with van der Waals surface area (Å²) in [5.41, 5.74) is 0.865. The summed E-state index contributed by atoms with van der Waals surface area (Å²) in [5.74, 6) is -0.814. The number of anilines is 1. The van der Waals surface area contributed by atoms with Crippen molar-refractivity contribution in [3.8, 4) is 5.75 Å². The summed E-state index contributed by atoms with van der Waals surface area (Å²) >= 11 is 0. The lowest BCUT2D eigenvalue weighted by Crippen LogP contribution is -2.24. The highest BCUT2D eigenvalue weighted by molar-refractivity contribution is 7.92. The third-order valence-electron chi connectivity index (χ3n) is 7.02. The average molecular weight is 491 g/mol. The van der Waals surface area contributed by atoms with Crippen molar-refractivity contribution in [1.29, 1.82) is 0 Å². The maximum Gasteiger partial charge on any atom is 0.341 e. The lowest BCUT2D eigenvalue weighted by atomic mass is 9.98. The van der Waals surface area contributed by atoms with Gasteiger partial charge in [-0.1, -0.05) is 6.07 Å². The Labute approximate surface area is 197 Å². The smallest absolute Gasteiger partial charge is 0.341 e. The molecule has 2 fully saturated rings. The molecule has 1 saturated carbocycles. The van der Waals surface area contributed by atoms with Gasteiger partial charge in [-0.25, -0.2) is 17.6 Å². The standard InChI is InChI=1S/C24H27FN2O6S/c25-17-1-4-21(15(10-17)9-14-5-6-27(12-14)7-8-28)34(31,32)26-20-3-2-18-19-11-16(19)13-33-23(18)22(20)24(29)30/h1-4,10,14,16,19,26,28H,5-9,11-13H2,(H,29,30)/t14?,16-,19-/m0/s1. The Balaban J connectivity index is 1.44. The average Bonchev–Trinajstić information content (AvgIpc) is 3.45. The third-order valence-corrected chi connectivity index (χ3v) is 8.48. The lowest BCUT2D eigenvalue weighted by molar-refractivity contribution is 0.0692. The van der Waals surface area contributed by atoms with Crippen LogP contribution in [0.3, 0.4) is 0 Å². The number of halogens is 1. The largest absolute Gasteiger partial charge is 0.492 e. The van der Waals surface area contributed by atoms with Crippen LogP contribution in [0.15, 0.2) is 35.2 Å². The molecule has 5 rings (SSSR count). The van der Waals surface area contributed by atoms with Crippen LogP contribution in [0.1, 0.15) is 40.2 Å². The van der Waals surface area contributed by atoms with Gasteiger partial charge in [0.25, 0.3) is 10.0 Å². The second kappa shape index (κ2) is 8.83. The van der Waals surface area contributed by atoms with Crippen molar-refractivity contribution >= 4 is 21.7 Å². The van der Waals surface area contributed by atoms with Crippen molar-refractivity contribution in [3.63, 3.8) is 0 Å². The number of likely N-dealkylation sites (tertiary alicyclic amines) is 1. The van der Waals surface area contributed by atoms with E-state index >= 15 is 0 Å². The molecule has 3 aliphatic rings. The summed E-state index contributed by atoms with van der Waals surface area (Å²) in [5, 5.41) is 19.0. The Morgan fingerprint density at radius 1 is 1.26 bits per heavy atom. The lowest BCUT2D eigenvalue weighted by Gasteiger charge is -2.22. The Hall–Kier alpha value is -2.69. The number of aliphatic hydroxyl groups is 1. The number of benzene rings is 2. The van der Waals surface area contributed by atoms with Gasteiger partial charge in [-0.15, -0.1) is 0 Å². The summed E-state index contributed by atoms with van der Waals surface area (Å²) in [7, 11) is -4.20. The highest BCUT2D eigenvalue weighted by atomic mass is 32.2. The van der Waals surface area contributed by atoms with Gasteiger partial charge in [0.1, 0.15) is 17.1 Å². The first kappa shape index (κ1) is 23.1. The first-order chi connectivity index (χ1) is 16.3. The third kappa shape index (κ3) is 4.37. The van der Waals surface area contributed by atoms with Crippen LogP contribution in [0.5, 0.6) is 5.75 Å². The number of ether oxygens (including phenoxy) is 1. The van der Waals surface area contributed by atoms with Crippen LogP contribution in [0.25, 0.3) is 0 Å². The molecule has 8 nitrogen and oxygen atoms in total. The van der Waals surface area contributed by atoms with E-state index in [1.807, 2.05) is 0 Å². The van der Waals surface area contributed by atoms with Crippen LogP contribution >= 0.6 is 0 Å². The second-order valence-electron chi connectivity index (χ2n) is 9.37. The van der Waals surface area contributed by atoms with Crippen molar-refractivity contribution in [2.24, 2.45) is 11.8 Å². The zero-order chi connectivity index (χ0) is 24.0. The summed E-state index contributed by atoms with van der Waals surface area (Å²) < 4.78 is 49.0. The van der Waals surface area contributed by atoms with Gasteiger partial charge in [0, 0.05) is 19.0 Å². The van der Waals surface area contributed by atoms with E-state index in [-0.39, 0.29) is 40.3 Å². The van der Waals surface area contributed by atoms with Gasteiger partial charge in [0.05, 0.1) is 23.8 Å². The molecular weight excluding hydrogens is 463 g/mol. The number of nitrogens with one attached hydrogen (secondary N) is 1. The van der Waals surface area contributed by atoms with E-state index in [1.165, 1.54) is 18.2 Å². The molecule has 0 spiro atoms. The predicted molar refractivity (Wildman–Crippen MR) is 122 cm³/mol. The number of hydrogen-bond donors (Lipinski definition) is 3. The van der Waals surface area contributed by atoms with Crippen molar-refractivity contribution in [2.75, 3.05) is 37.6 Å². The Kier molecular flexibility index (Phi) is 5.99. The van der Waals surface area contributed by atoms with Crippen LogP contribution in [-0.4, -0.2) is 62.3 Å². The van der Waals surface area contributed by atoms with E-state index in [2.05, 4.69) is 9.62 Å². The fourth-order valence-electron chi connectivity index (χ4n) is 5.25. The number of hydrogen-bond acceptors (Lipinski definition) is 6. The Morgan fingerprint density at radius 3 is 2.85 bits per heavy atom. The molecule has 0 bridgehead atoms. The fraction of sp³-hybridized carbons (Fsp3) is 0.458. The molecule has 182 valence electrons. The van der Waals surface area contributed by atoms with Crippen molar-refractivity contribution in [3.05, 3.63) is 52.8 Å². The van der Waals surface area contributed by atoms with E-state index in [0.29, 0.717) is 37.6 Å². The van der Waals surface area contributed by atoms with E-state index in [4.69, 9.17) is 9.84 Å². The molecule has 34 heavy (non-hydrogen) atoms. The molecule has 1 aliphatic carbocycles. The molecule has 0 radical (unpaired) electrons. The van der Waals surface area contributed by atoms with E-state index in [0.717, 1.165) is 31.0 Å². The molecule has 1 saturated heterocycles. The quantitative estimate of drug-likeness (QED) is 0.521. The number of β-amino-alcohol motifs (C(OH)–C–C–N with tert-alkyl or cyclic N) is 1. The monoisotopic (exact) mass is 490 g/mol. The number of nitrogens with zero attached hydrogens (tertiary/aromatic N) is 1. The van der Waals surface area contributed by atoms with Gasteiger partial charge in [-0.2, -0.15) is 0 Å². The molecule has 2 aliphatic heterocycles. The fourth-order valence-corrected chi connectivity index (χ4v) is 6.56. The number of fused-ring (bicyclic) bond motifs is 3. The molecule has 3 atom stereocenters. The first-order valence-electron chi connectivity index (χ1n) is 11.4. The van der Waals surface area contributed by atoms with Gasteiger partial charge in [-0.05, 0) is 73.0 Å². The number of carboxylic acids is 1. The molecule has 2 heterocycles. The molecule has 0 aromatic heterocycles. The molecular formula is C24H27FN2O6S. The highest BCUT2D eigenvalue weighted by Crippen LogP contribution is 2.55. The normalized spacial score (nSPS) is 23.6. The zero-order valence-corrected chi connectivity index (χ0v) is 19.4. The van der Waals surface area contributed by atoms with Crippen LogP contribution < -0.4 is 9.46 Å². The maximum atomic E-state index is 14.1. The van der Waals surface area contributed by atoms with E-state index < -0.39 is 21.8 Å². The van der Waals surface area contributed by atoms with Gasteiger partial charge in [-0.3, -0.25) is 4.72 Å². The van der Waals surface area contributed by atoms with E-state index in [9.17, 15) is 22.7 Å². The molecule has 1 unspecified atom stereocenters. The minimum atomic E-state index is -4.20. The minimum absolute atomic E-state index is 0.0496. The number of carbonyl (C=O) groups is 1. The number of sulfonamides is 1. The van der Waals surface area contributed by atoms with Crippen LogP contribution in [0.4, 0.5) is 10.1 Å². The second-order valence-corrected chi connectivity index (χ2v) is 11.0. The maximum absolute atomic E-state index is 14.1. The van der Waals surface area contributed by atoms with Gasteiger partial charge in [0.15, 0.2) is 0 Å². The summed E-state index contributed by atoms with van der Waals surface area (Å²) in [6.45, 7) is 2.50. The highest BCUT2D eigenvalue weighted by Gasteiger charge is 2.45. The number of carboxylic acid groups (broad SMARTS) is 1. The molecule has 2 aromatic rings. The van der Waals surface area contributed by atoms with Gasteiger partial charge >= 0.3 is 5.97 Å². The Morgan fingerprint density at radius 2 is 2.09 bits per heavy atom. The van der Waals surface area contributed by atoms with Crippen molar-refractivity contribution in [1.82, 2.24) is 4.90 Å². The molecule has 3 N–H and O–H groups in total. The minimum Gasteiger partial charge on any atom is -0.492 e.